The molecule has 2 aromatic carbocycles. The minimum Gasteiger partial charge on any atom is -0.198 e. The number of nitriles is 1. The summed E-state index contributed by atoms with van der Waals surface area (Å²) in [5, 5.41) is 12.0. The van der Waals surface area contributed by atoms with Gasteiger partial charge in [-0.05, 0) is 21.9 Å². The van der Waals surface area contributed by atoms with Gasteiger partial charge in [-0.15, -0.1) is 0 Å². The van der Waals surface area contributed by atoms with Gasteiger partial charge < -0.3 is 0 Å². The molecule has 0 aliphatic rings. The summed E-state index contributed by atoms with van der Waals surface area (Å²) >= 11 is 3.48. The van der Waals surface area contributed by atoms with Crippen molar-refractivity contribution in [1.82, 2.24) is 0 Å². The monoisotopic (exact) mass is 259 g/mol. The van der Waals surface area contributed by atoms with Crippen molar-refractivity contribution in [3.63, 3.8) is 0 Å². The zero-order valence-electron chi connectivity index (χ0n) is 8.20. The number of halogens is 1. The predicted octanol–water partition coefficient (Wildman–Crippen LogP) is 3.80. The molecule has 15 heavy (non-hydrogen) atoms. The summed E-state index contributed by atoms with van der Waals surface area (Å²) in [7, 11) is 0. The highest BCUT2D eigenvalue weighted by molar-refractivity contribution is 9.08. The van der Waals surface area contributed by atoms with Gasteiger partial charge in [0.15, 0.2) is 0 Å². The largest absolute Gasteiger partial charge is 0.198 e. The second-order valence-corrected chi connectivity index (χ2v) is 3.96. The Morgan fingerprint density at radius 3 is 2.20 bits per heavy atom. The van der Waals surface area contributed by atoms with Crippen LogP contribution in [0.2, 0.25) is 0 Å². The average molecular weight is 260 g/mol. The Balaban J connectivity index is 2.72. The third-order valence-corrected chi connectivity index (χ3v) is 3.12. The number of nitrogens with zero attached hydrogens (tertiary/aromatic N) is 1. The van der Waals surface area contributed by atoms with E-state index in [2.05, 4.69) is 40.2 Å². The second-order valence-electron chi connectivity index (χ2n) is 3.40. The van der Waals surface area contributed by atoms with Crippen molar-refractivity contribution in [2.24, 2.45) is 0 Å². The third-order valence-electron chi connectivity index (χ3n) is 2.52. The Bertz CT molecular complexity index is 526. The van der Waals surface area contributed by atoms with Crippen molar-refractivity contribution in [2.75, 3.05) is 0 Å². The maximum atomic E-state index is 8.75. The van der Waals surface area contributed by atoms with Crippen LogP contribution in [-0.4, -0.2) is 0 Å². The molecule has 0 fully saturated rings. The molecular weight excluding hydrogens is 250 g/mol. The lowest BCUT2D eigenvalue weighted by atomic mass is 9.99. The molecule has 0 saturated heterocycles. The fourth-order valence-electron chi connectivity index (χ4n) is 1.78. The molecule has 0 aromatic heterocycles. The predicted molar refractivity (Wildman–Crippen MR) is 65.9 cm³/mol. The van der Waals surface area contributed by atoms with E-state index in [1.807, 2.05) is 18.2 Å². The first kappa shape index (κ1) is 10.2. The Kier molecular flexibility index (Phi) is 3.03. The molecule has 0 atom stereocenters. The molecule has 0 spiro atoms. The molecule has 0 bridgehead atoms. The van der Waals surface area contributed by atoms with Crippen molar-refractivity contribution < 1.29 is 0 Å². The molecule has 0 heterocycles. The van der Waals surface area contributed by atoms with Crippen LogP contribution >= 0.6 is 15.9 Å². The number of hydrogen-bond donors (Lipinski definition) is 0. The van der Waals surface area contributed by atoms with Crippen molar-refractivity contribution >= 4 is 26.7 Å². The van der Waals surface area contributed by atoms with Crippen LogP contribution in [0.3, 0.4) is 0 Å². The van der Waals surface area contributed by atoms with Crippen molar-refractivity contribution in [2.45, 2.75) is 11.8 Å². The molecule has 1 nitrogen and oxygen atoms in total. The first-order valence-corrected chi connectivity index (χ1v) is 5.91. The summed E-state index contributed by atoms with van der Waals surface area (Å²) in [6.45, 7) is 0. The van der Waals surface area contributed by atoms with Crippen LogP contribution in [0, 0.1) is 11.3 Å². The van der Waals surface area contributed by atoms with E-state index >= 15 is 0 Å². The first-order valence-electron chi connectivity index (χ1n) is 4.79. The lowest BCUT2D eigenvalue weighted by Crippen LogP contribution is -1.88. The van der Waals surface area contributed by atoms with Gasteiger partial charge in [-0.1, -0.05) is 52.3 Å². The molecule has 0 aliphatic carbocycles. The Labute approximate surface area is 97.5 Å². The topological polar surface area (TPSA) is 23.8 Å². The molecule has 0 saturated carbocycles. The highest BCUT2D eigenvalue weighted by Crippen LogP contribution is 2.24. The summed E-state index contributed by atoms with van der Waals surface area (Å²) in [6.07, 6.45) is 0.475. The Morgan fingerprint density at radius 1 is 1.00 bits per heavy atom. The molecule has 2 rings (SSSR count). The molecule has 2 aromatic rings. The SMILES string of the molecule is N#CCc1ccc(CBr)c2ccccc12. The number of fused-ring (bicyclic) bond motifs is 1. The lowest BCUT2D eigenvalue weighted by Gasteiger charge is -2.07. The smallest absolute Gasteiger partial charge is 0.0669 e. The van der Waals surface area contributed by atoms with E-state index in [0.29, 0.717) is 6.42 Å². The van der Waals surface area contributed by atoms with Gasteiger partial charge in [0.25, 0.3) is 0 Å². The van der Waals surface area contributed by atoms with Crippen molar-refractivity contribution in [3.8, 4) is 6.07 Å². The van der Waals surface area contributed by atoms with E-state index in [0.717, 1.165) is 10.9 Å². The summed E-state index contributed by atoms with van der Waals surface area (Å²) in [5.74, 6) is 0. The van der Waals surface area contributed by atoms with Crippen LogP contribution in [0.25, 0.3) is 10.8 Å². The normalized spacial score (nSPS) is 10.1. The van der Waals surface area contributed by atoms with Gasteiger partial charge in [0.2, 0.25) is 0 Å². The van der Waals surface area contributed by atoms with E-state index in [-0.39, 0.29) is 0 Å². The maximum Gasteiger partial charge on any atom is 0.0669 e. The average Bonchev–Trinajstić information content (AvgIpc) is 2.30. The van der Waals surface area contributed by atoms with Crippen LogP contribution in [0.5, 0.6) is 0 Å². The van der Waals surface area contributed by atoms with Gasteiger partial charge in [0.1, 0.15) is 0 Å². The van der Waals surface area contributed by atoms with Crippen molar-refractivity contribution in [1.29, 1.82) is 5.26 Å². The van der Waals surface area contributed by atoms with E-state index in [1.54, 1.807) is 0 Å². The summed E-state index contributed by atoms with van der Waals surface area (Å²) in [4.78, 5) is 0. The van der Waals surface area contributed by atoms with Crippen LogP contribution in [0.15, 0.2) is 36.4 Å². The number of rotatable bonds is 2. The summed E-state index contributed by atoms with van der Waals surface area (Å²) < 4.78 is 0. The minimum absolute atomic E-state index is 0.475. The van der Waals surface area contributed by atoms with Gasteiger partial charge >= 0.3 is 0 Å². The van der Waals surface area contributed by atoms with Crippen LogP contribution in [0.4, 0.5) is 0 Å². The summed E-state index contributed by atoms with van der Waals surface area (Å²) in [6, 6.07) is 14.6. The quantitative estimate of drug-likeness (QED) is 0.753. The van der Waals surface area contributed by atoms with Crippen LogP contribution in [-0.2, 0) is 11.8 Å². The minimum atomic E-state index is 0.475. The molecule has 0 amide bonds. The maximum absolute atomic E-state index is 8.75. The fourth-order valence-corrected chi connectivity index (χ4v) is 2.27. The standard InChI is InChI=1S/C13H10BrN/c14-9-11-6-5-10(7-8-15)12-3-1-2-4-13(11)12/h1-6H,7,9H2. The first-order chi connectivity index (χ1) is 7.36. The fraction of sp³-hybridized carbons (Fsp3) is 0.154. The van der Waals surface area contributed by atoms with Crippen molar-refractivity contribution in [3.05, 3.63) is 47.5 Å². The van der Waals surface area contributed by atoms with E-state index < -0.39 is 0 Å². The highest BCUT2D eigenvalue weighted by atomic mass is 79.9. The lowest BCUT2D eigenvalue weighted by molar-refractivity contribution is 1.28. The van der Waals surface area contributed by atoms with Crippen LogP contribution < -0.4 is 0 Å². The summed E-state index contributed by atoms with van der Waals surface area (Å²) in [5.41, 5.74) is 2.38. The Hall–Kier alpha value is -1.33. The van der Waals surface area contributed by atoms with E-state index in [9.17, 15) is 0 Å². The van der Waals surface area contributed by atoms with Crippen LogP contribution in [0.1, 0.15) is 11.1 Å². The van der Waals surface area contributed by atoms with E-state index in [4.69, 9.17) is 5.26 Å². The Morgan fingerprint density at radius 2 is 1.60 bits per heavy atom. The molecule has 0 N–H and O–H groups in total. The number of hydrogen-bond acceptors (Lipinski definition) is 1. The van der Waals surface area contributed by atoms with Gasteiger partial charge in [-0.2, -0.15) is 5.26 Å². The van der Waals surface area contributed by atoms with Gasteiger partial charge in [-0.25, -0.2) is 0 Å². The zero-order valence-corrected chi connectivity index (χ0v) is 9.79. The number of benzene rings is 2. The molecular formula is C13H10BrN. The molecule has 74 valence electrons. The zero-order chi connectivity index (χ0) is 10.7. The third kappa shape index (κ3) is 1.88. The molecule has 2 heteroatoms. The molecule has 0 unspecified atom stereocenters. The van der Waals surface area contributed by atoms with E-state index in [1.165, 1.54) is 16.3 Å². The van der Waals surface area contributed by atoms with Gasteiger partial charge in [0.05, 0.1) is 12.5 Å². The molecule has 0 radical (unpaired) electrons. The number of alkyl halides is 1. The van der Waals surface area contributed by atoms with Gasteiger partial charge in [-0.3, -0.25) is 0 Å². The van der Waals surface area contributed by atoms with Gasteiger partial charge in [0, 0.05) is 5.33 Å². The highest BCUT2D eigenvalue weighted by Gasteiger charge is 2.03. The molecule has 0 aliphatic heterocycles. The second kappa shape index (κ2) is 4.46.